The maximum absolute atomic E-state index is 12.0. The highest BCUT2D eigenvalue weighted by atomic mass is 16.5. The van der Waals surface area contributed by atoms with Crippen molar-refractivity contribution in [3.05, 3.63) is 0 Å². The summed E-state index contributed by atoms with van der Waals surface area (Å²) in [6.45, 7) is 3.72. The van der Waals surface area contributed by atoms with Gasteiger partial charge in [0.05, 0.1) is 7.11 Å². The lowest BCUT2D eigenvalue weighted by Crippen LogP contribution is -2.54. The molecule has 15 heavy (non-hydrogen) atoms. The minimum Gasteiger partial charge on any atom is -0.453 e. The quantitative estimate of drug-likeness (QED) is 0.784. The number of alkyl carbamates (subject to hydrolysis) is 1. The summed E-state index contributed by atoms with van der Waals surface area (Å²) in [5.41, 5.74) is -0.665. The number of carbonyl (C=O) groups is 2. The lowest BCUT2D eigenvalue weighted by molar-refractivity contribution is -0.128. The lowest BCUT2D eigenvalue weighted by Gasteiger charge is -2.29. The monoisotopic (exact) mass is 215 g/mol. The van der Waals surface area contributed by atoms with Crippen LogP contribution in [-0.4, -0.2) is 24.5 Å². The fraction of sp³-hybridized carbons (Fsp3) is 0.818. The van der Waals surface area contributed by atoms with E-state index in [2.05, 4.69) is 10.1 Å². The Morgan fingerprint density at radius 2 is 1.87 bits per heavy atom. The number of hydrogen-bond donors (Lipinski definition) is 1. The molecule has 0 spiro atoms. The Hall–Kier alpha value is -1.06. The highest BCUT2D eigenvalue weighted by Crippen LogP contribution is 2.32. The molecule has 1 N–H and O–H groups in total. The van der Waals surface area contributed by atoms with E-state index >= 15 is 0 Å². The predicted molar refractivity (Wildman–Crippen MR) is 58.7 cm³/mol. The summed E-state index contributed by atoms with van der Waals surface area (Å²) in [6, 6.07) is 0. The van der Waals surface area contributed by atoms with Crippen molar-refractivity contribution in [3.8, 4) is 0 Å². The van der Waals surface area contributed by atoms with E-state index in [-0.39, 0.29) is 13.1 Å². The van der Waals surface area contributed by atoms with Gasteiger partial charge < -0.3 is 10.1 Å². The first kappa shape index (κ1) is 12.0. The second kappa shape index (κ2) is 4.64. The van der Waals surface area contributed by atoms with Crippen LogP contribution in [0.2, 0.25) is 0 Å². The van der Waals surface area contributed by atoms with Gasteiger partial charge >= 0.3 is 6.09 Å². The summed E-state index contributed by atoms with van der Waals surface area (Å²) < 4.78 is 4.56. The molecule has 1 aliphatic carbocycles. The smallest absolute Gasteiger partial charge is 0.407 e. The SMILES string of the molecule is COC(=O)NC1(C(=O)C(C)C)CCCC1.[HH]. The van der Waals surface area contributed by atoms with E-state index < -0.39 is 11.6 Å². The van der Waals surface area contributed by atoms with Gasteiger partial charge in [-0.15, -0.1) is 0 Å². The molecule has 1 saturated carbocycles. The van der Waals surface area contributed by atoms with Crippen molar-refractivity contribution in [2.45, 2.75) is 45.1 Å². The van der Waals surface area contributed by atoms with E-state index in [0.717, 1.165) is 25.7 Å². The van der Waals surface area contributed by atoms with Crippen molar-refractivity contribution in [2.24, 2.45) is 5.92 Å². The number of ether oxygens (including phenoxy) is 1. The zero-order chi connectivity index (χ0) is 11.5. The molecule has 0 unspecified atom stereocenters. The topological polar surface area (TPSA) is 55.4 Å². The molecule has 0 atom stereocenters. The minimum atomic E-state index is -0.665. The summed E-state index contributed by atoms with van der Waals surface area (Å²) in [5, 5.41) is 2.71. The van der Waals surface area contributed by atoms with E-state index in [4.69, 9.17) is 0 Å². The van der Waals surface area contributed by atoms with E-state index in [1.54, 1.807) is 0 Å². The molecular formula is C11H21NO3. The highest BCUT2D eigenvalue weighted by molar-refractivity contribution is 5.93. The Labute approximate surface area is 91.9 Å². The Kier molecular flexibility index (Phi) is 3.72. The van der Waals surface area contributed by atoms with E-state index in [0.29, 0.717) is 0 Å². The Balaban J connectivity index is 0.00000225. The third-order valence-electron chi connectivity index (χ3n) is 2.98. The van der Waals surface area contributed by atoms with Gasteiger partial charge in [-0.05, 0) is 12.8 Å². The number of ketones is 1. The van der Waals surface area contributed by atoms with Crippen LogP contribution < -0.4 is 5.32 Å². The van der Waals surface area contributed by atoms with Crippen LogP contribution in [0.4, 0.5) is 4.79 Å². The van der Waals surface area contributed by atoms with Crippen LogP contribution in [0.15, 0.2) is 0 Å². The van der Waals surface area contributed by atoms with Crippen molar-refractivity contribution >= 4 is 11.9 Å². The molecule has 1 aliphatic rings. The molecule has 0 aromatic rings. The first-order chi connectivity index (χ1) is 7.02. The van der Waals surface area contributed by atoms with Gasteiger partial charge in [0.1, 0.15) is 5.54 Å². The van der Waals surface area contributed by atoms with Crippen molar-refractivity contribution < 1.29 is 15.8 Å². The molecule has 1 rings (SSSR count). The molecule has 0 bridgehead atoms. The second-order valence-corrected chi connectivity index (χ2v) is 4.42. The van der Waals surface area contributed by atoms with Gasteiger partial charge in [-0.25, -0.2) is 4.79 Å². The largest absolute Gasteiger partial charge is 0.453 e. The Bertz CT molecular complexity index is 260. The number of Topliss-reactive ketones (excluding diaryl/α,β-unsaturated/α-hetero) is 1. The highest BCUT2D eigenvalue weighted by Gasteiger charge is 2.43. The van der Waals surface area contributed by atoms with Crippen LogP contribution in [0.25, 0.3) is 0 Å². The van der Waals surface area contributed by atoms with Gasteiger partial charge in [-0.3, -0.25) is 4.79 Å². The summed E-state index contributed by atoms with van der Waals surface area (Å²) in [5.74, 6) is 0.0608. The van der Waals surface area contributed by atoms with E-state index in [1.165, 1.54) is 7.11 Å². The average Bonchev–Trinajstić information content (AvgIpc) is 2.66. The molecule has 0 aromatic carbocycles. The van der Waals surface area contributed by atoms with Gasteiger partial charge in [-0.1, -0.05) is 26.7 Å². The Morgan fingerprint density at radius 1 is 1.33 bits per heavy atom. The molecule has 0 saturated heterocycles. The van der Waals surface area contributed by atoms with E-state index in [9.17, 15) is 9.59 Å². The molecule has 4 heteroatoms. The molecule has 0 aromatic heterocycles. The predicted octanol–water partition coefficient (Wildman–Crippen LogP) is 2.13. The number of amides is 1. The molecular weight excluding hydrogens is 194 g/mol. The number of hydrogen-bond acceptors (Lipinski definition) is 3. The van der Waals surface area contributed by atoms with Crippen LogP contribution >= 0.6 is 0 Å². The summed E-state index contributed by atoms with van der Waals surface area (Å²) in [4.78, 5) is 23.3. The van der Waals surface area contributed by atoms with Gasteiger partial charge in [0, 0.05) is 7.34 Å². The number of carbonyl (C=O) groups excluding carboxylic acids is 2. The molecule has 0 radical (unpaired) electrons. The van der Waals surface area contributed by atoms with Crippen molar-refractivity contribution in [1.29, 1.82) is 0 Å². The maximum atomic E-state index is 12.0. The molecule has 88 valence electrons. The van der Waals surface area contributed by atoms with Crippen molar-refractivity contribution in [2.75, 3.05) is 7.11 Å². The number of nitrogens with one attached hydrogen (secondary N) is 1. The third kappa shape index (κ3) is 2.49. The minimum absolute atomic E-state index is 0. The van der Waals surface area contributed by atoms with Crippen LogP contribution in [0.1, 0.15) is 41.0 Å². The van der Waals surface area contributed by atoms with Gasteiger partial charge in [0.2, 0.25) is 0 Å². The fourth-order valence-electron chi connectivity index (χ4n) is 2.21. The molecule has 0 heterocycles. The van der Waals surface area contributed by atoms with Crippen LogP contribution in [0, 0.1) is 5.92 Å². The van der Waals surface area contributed by atoms with Gasteiger partial charge in [0.15, 0.2) is 5.78 Å². The maximum Gasteiger partial charge on any atom is 0.407 e. The van der Waals surface area contributed by atoms with Crippen LogP contribution in [0.3, 0.4) is 0 Å². The molecule has 0 aliphatic heterocycles. The van der Waals surface area contributed by atoms with Crippen molar-refractivity contribution in [3.63, 3.8) is 0 Å². The first-order valence-electron chi connectivity index (χ1n) is 5.42. The molecule has 1 fully saturated rings. The number of rotatable bonds is 3. The second-order valence-electron chi connectivity index (χ2n) is 4.42. The van der Waals surface area contributed by atoms with Gasteiger partial charge in [-0.2, -0.15) is 0 Å². The zero-order valence-electron chi connectivity index (χ0n) is 9.63. The summed E-state index contributed by atoms with van der Waals surface area (Å²) in [6.07, 6.45) is 2.94. The summed E-state index contributed by atoms with van der Waals surface area (Å²) >= 11 is 0. The van der Waals surface area contributed by atoms with Crippen molar-refractivity contribution in [1.82, 2.24) is 5.32 Å². The third-order valence-corrected chi connectivity index (χ3v) is 2.98. The number of methoxy groups -OCH3 is 1. The standard InChI is InChI=1S/C11H19NO3.H2/c1-8(2)9(13)11(6-4-5-7-11)12-10(14)15-3;/h8H,4-7H2,1-3H3,(H,12,14);1H. The average molecular weight is 215 g/mol. The molecule has 1 amide bonds. The molecule has 4 nitrogen and oxygen atoms in total. The summed E-state index contributed by atoms with van der Waals surface area (Å²) in [7, 11) is 1.32. The zero-order valence-corrected chi connectivity index (χ0v) is 9.63. The van der Waals surface area contributed by atoms with Crippen LogP contribution in [0.5, 0.6) is 0 Å². The van der Waals surface area contributed by atoms with Gasteiger partial charge in [0.25, 0.3) is 0 Å². The van der Waals surface area contributed by atoms with Crippen LogP contribution in [-0.2, 0) is 9.53 Å². The fourth-order valence-corrected chi connectivity index (χ4v) is 2.21. The first-order valence-corrected chi connectivity index (χ1v) is 5.42. The Morgan fingerprint density at radius 3 is 2.27 bits per heavy atom. The van der Waals surface area contributed by atoms with E-state index in [1.807, 2.05) is 13.8 Å². The normalized spacial score (nSPS) is 18.9. The lowest BCUT2D eigenvalue weighted by atomic mass is 9.86.